The van der Waals surface area contributed by atoms with Crippen LogP contribution < -0.4 is 10.1 Å². The molecule has 3 rings (SSSR count). The lowest BCUT2D eigenvalue weighted by Gasteiger charge is -2.33. The average molecular weight is 269 g/mol. The molecular weight excluding hydrogens is 250 g/mol. The zero-order valence-corrected chi connectivity index (χ0v) is 11.8. The van der Waals surface area contributed by atoms with Crippen LogP contribution in [0.3, 0.4) is 0 Å². The van der Waals surface area contributed by atoms with Gasteiger partial charge < -0.3 is 15.2 Å². The van der Waals surface area contributed by atoms with E-state index in [0.717, 1.165) is 17.0 Å². The van der Waals surface area contributed by atoms with Crippen LogP contribution in [-0.2, 0) is 0 Å². The van der Waals surface area contributed by atoms with Crippen molar-refractivity contribution in [3.05, 3.63) is 53.6 Å². The number of para-hydroxylation sites is 1. The number of phenols is 1. The van der Waals surface area contributed by atoms with E-state index in [1.807, 2.05) is 31.2 Å². The van der Waals surface area contributed by atoms with Gasteiger partial charge in [-0.2, -0.15) is 0 Å². The summed E-state index contributed by atoms with van der Waals surface area (Å²) >= 11 is 0. The molecule has 20 heavy (non-hydrogen) atoms. The van der Waals surface area contributed by atoms with Crippen LogP contribution >= 0.6 is 0 Å². The molecular formula is C17H19NO2. The van der Waals surface area contributed by atoms with Gasteiger partial charge in [-0.25, -0.2) is 0 Å². The minimum atomic E-state index is 0.225. The van der Waals surface area contributed by atoms with Gasteiger partial charge >= 0.3 is 0 Å². The molecule has 1 heterocycles. The van der Waals surface area contributed by atoms with Crippen molar-refractivity contribution in [1.82, 2.24) is 0 Å². The van der Waals surface area contributed by atoms with E-state index >= 15 is 0 Å². The summed E-state index contributed by atoms with van der Waals surface area (Å²) in [5.41, 5.74) is 3.29. The summed E-state index contributed by atoms with van der Waals surface area (Å²) in [6.45, 7) is 4.90. The molecule has 0 saturated carbocycles. The highest BCUT2D eigenvalue weighted by molar-refractivity contribution is 5.56. The number of rotatable bonds is 2. The molecule has 2 aromatic carbocycles. The maximum absolute atomic E-state index is 9.51. The van der Waals surface area contributed by atoms with E-state index in [4.69, 9.17) is 4.74 Å². The Morgan fingerprint density at radius 1 is 1.20 bits per heavy atom. The van der Waals surface area contributed by atoms with Crippen LogP contribution in [-0.4, -0.2) is 11.7 Å². The summed E-state index contributed by atoms with van der Waals surface area (Å²) in [4.78, 5) is 0. The third-order valence-electron chi connectivity index (χ3n) is 3.85. The van der Waals surface area contributed by atoms with E-state index in [2.05, 4.69) is 18.3 Å². The van der Waals surface area contributed by atoms with Crippen LogP contribution in [0.5, 0.6) is 11.5 Å². The minimum absolute atomic E-state index is 0.225. The summed E-state index contributed by atoms with van der Waals surface area (Å²) in [7, 11) is 0. The van der Waals surface area contributed by atoms with Crippen LogP contribution in [0.2, 0.25) is 0 Å². The summed E-state index contributed by atoms with van der Waals surface area (Å²) in [5, 5.41) is 13.1. The topological polar surface area (TPSA) is 41.5 Å². The lowest BCUT2D eigenvalue weighted by Crippen LogP contribution is -2.29. The highest BCUT2D eigenvalue weighted by Gasteiger charge is 2.27. The summed E-state index contributed by atoms with van der Waals surface area (Å²) in [5.74, 6) is 1.64. The molecule has 2 unspecified atom stereocenters. The van der Waals surface area contributed by atoms with Gasteiger partial charge in [-0.1, -0.05) is 25.1 Å². The average Bonchev–Trinajstić information content (AvgIpc) is 2.44. The highest BCUT2D eigenvalue weighted by Crippen LogP contribution is 2.38. The second kappa shape index (κ2) is 5.08. The van der Waals surface area contributed by atoms with E-state index < -0.39 is 0 Å². The third-order valence-corrected chi connectivity index (χ3v) is 3.85. The number of hydrogen-bond acceptors (Lipinski definition) is 3. The summed E-state index contributed by atoms with van der Waals surface area (Å²) in [6.07, 6.45) is 0. The van der Waals surface area contributed by atoms with Crippen molar-refractivity contribution in [2.45, 2.75) is 19.9 Å². The Balaban J connectivity index is 1.93. The number of benzene rings is 2. The molecule has 104 valence electrons. The molecule has 2 aromatic rings. The van der Waals surface area contributed by atoms with E-state index in [1.54, 1.807) is 12.1 Å². The largest absolute Gasteiger partial charge is 0.508 e. The van der Waals surface area contributed by atoms with Crippen LogP contribution in [0.4, 0.5) is 5.69 Å². The second-order valence-corrected chi connectivity index (χ2v) is 5.45. The van der Waals surface area contributed by atoms with Crippen molar-refractivity contribution < 1.29 is 9.84 Å². The molecule has 0 aliphatic carbocycles. The molecule has 0 fully saturated rings. The predicted octanol–water partition coefficient (Wildman–Crippen LogP) is 3.88. The standard InChI is InChI=1S/C17H19NO2/c1-11-9-13(19)7-8-15(11)18-17-12(2)10-20-16-6-4-3-5-14(16)17/h3-9,12,17-19H,10H2,1-2H3. The molecule has 0 amide bonds. The maximum Gasteiger partial charge on any atom is 0.124 e. The predicted molar refractivity (Wildman–Crippen MR) is 80.3 cm³/mol. The zero-order valence-electron chi connectivity index (χ0n) is 11.8. The van der Waals surface area contributed by atoms with Crippen molar-refractivity contribution in [2.75, 3.05) is 11.9 Å². The summed E-state index contributed by atoms with van der Waals surface area (Å²) in [6, 6.07) is 13.8. The fourth-order valence-electron chi connectivity index (χ4n) is 2.69. The molecule has 0 bridgehead atoms. The molecule has 0 radical (unpaired) electrons. The first-order valence-electron chi connectivity index (χ1n) is 6.93. The van der Waals surface area contributed by atoms with Crippen molar-refractivity contribution in [2.24, 2.45) is 5.92 Å². The molecule has 3 nitrogen and oxygen atoms in total. The number of phenolic OH excluding ortho intramolecular Hbond substituents is 1. The van der Waals surface area contributed by atoms with Crippen LogP contribution in [0.25, 0.3) is 0 Å². The number of fused-ring (bicyclic) bond motifs is 1. The van der Waals surface area contributed by atoms with Gasteiger partial charge in [0.05, 0.1) is 12.6 Å². The van der Waals surface area contributed by atoms with E-state index in [1.165, 1.54) is 5.56 Å². The second-order valence-electron chi connectivity index (χ2n) is 5.45. The van der Waals surface area contributed by atoms with Crippen LogP contribution in [0, 0.1) is 12.8 Å². The first kappa shape index (κ1) is 12.9. The van der Waals surface area contributed by atoms with E-state index in [0.29, 0.717) is 18.3 Å². The van der Waals surface area contributed by atoms with Gasteiger partial charge in [-0.05, 0) is 36.8 Å². The van der Waals surface area contributed by atoms with Crippen LogP contribution in [0.15, 0.2) is 42.5 Å². The van der Waals surface area contributed by atoms with Gasteiger partial charge in [0.25, 0.3) is 0 Å². The Kier molecular flexibility index (Phi) is 3.26. The fourth-order valence-corrected chi connectivity index (χ4v) is 2.69. The number of hydrogen-bond donors (Lipinski definition) is 2. The number of ether oxygens (including phenoxy) is 1. The van der Waals surface area contributed by atoms with Crippen molar-refractivity contribution in [3.8, 4) is 11.5 Å². The Labute approximate surface area is 119 Å². The van der Waals surface area contributed by atoms with Gasteiger partial charge in [-0.3, -0.25) is 0 Å². The van der Waals surface area contributed by atoms with Gasteiger partial charge in [0.15, 0.2) is 0 Å². The number of aromatic hydroxyl groups is 1. The van der Waals surface area contributed by atoms with Crippen molar-refractivity contribution in [3.63, 3.8) is 0 Å². The van der Waals surface area contributed by atoms with E-state index in [9.17, 15) is 5.11 Å². The minimum Gasteiger partial charge on any atom is -0.508 e. The Hall–Kier alpha value is -2.16. The molecule has 1 aliphatic rings. The quantitative estimate of drug-likeness (QED) is 0.813. The third kappa shape index (κ3) is 2.31. The smallest absolute Gasteiger partial charge is 0.124 e. The first-order valence-corrected chi connectivity index (χ1v) is 6.93. The lowest BCUT2D eigenvalue weighted by molar-refractivity contribution is 0.214. The highest BCUT2D eigenvalue weighted by atomic mass is 16.5. The molecule has 0 spiro atoms. The molecule has 2 N–H and O–H groups in total. The molecule has 0 saturated heterocycles. The lowest BCUT2D eigenvalue weighted by atomic mass is 9.91. The van der Waals surface area contributed by atoms with Crippen LogP contribution in [0.1, 0.15) is 24.1 Å². The fraction of sp³-hybridized carbons (Fsp3) is 0.294. The Morgan fingerprint density at radius 2 is 2.00 bits per heavy atom. The van der Waals surface area contributed by atoms with Gasteiger partial charge in [-0.15, -0.1) is 0 Å². The summed E-state index contributed by atoms with van der Waals surface area (Å²) < 4.78 is 5.77. The molecule has 2 atom stereocenters. The monoisotopic (exact) mass is 269 g/mol. The normalized spacial score (nSPS) is 20.9. The van der Waals surface area contributed by atoms with Gasteiger partial charge in [0.1, 0.15) is 11.5 Å². The Morgan fingerprint density at radius 3 is 2.80 bits per heavy atom. The maximum atomic E-state index is 9.51. The number of aryl methyl sites for hydroxylation is 1. The molecule has 0 aromatic heterocycles. The van der Waals surface area contributed by atoms with Gasteiger partial charge in [0.2, 0.25) is 0 Å². The number of nitrogens with one attached hydrogen (secondary N) is 1. The van der Waals surface area contributed by atoms with Crippen molar-refractivity contribution >= 4 is 5.69 Å². The SMILES string of the molecule is Cc1cc(O)ccc1NC1c2ccccc2OCC1C. The molecule has 1 aliphatic heterocycles. The first-order chi connectivity index (χ1) is 9.65. The Bertz CT molecular complexity index is 624. The van der Waals surface area contributed by atoms with Gasteiger partial charge in [0, 0.05) is 17.2 Å². The number of anilines is 1. The zero-order chi connectivity index (χ0) is 14.1. The van der Waals surface area contributed by atoms with E-state index in [-0.39, 0.29) is 6.04 Å². The molecule has 3 heteroatoms. The van der Waals surface area contributed by atoms with Crippen molar-refractivity contribution in [1.29, 1.82) is 0 Å².